The summed E-state index contributed by atoms with van der Waals surface area (Å²) in [5.74, 6) is -0.537. The van der Waals surface area contributed by atoms with Crippen LogP contribution in [0.2, 0.25) is 0 Å². The standard InChI is InChI=1S/C30H31F2N3O2S/c1-18-27-24(31)9-10-25(32)29(27)38-28(18)30(36)35(23-7-5-22(33-2)6-8-23)17-21-16-20(4-11-26(21)37-3)19-12-14-34-15-13-19/h4,9-16,22-23,33H,5-8,17H2,1-3H3. The van der Waals surface area contributed by atoms with Crippen LogP contribution in [0, 0.1) is 18.6 Å². The second kappa shape index (κ2) is 11.2. The summed E-state index contributed by atoms with van der Waals surface area (Å²) in [6.07, 6.45) is 7.09. The van der Waals surface area contributed by atoms with E-state index >= 15 is 0 Å². The Hall–Kier alpha value is -3.36. The second-order valence-corrected chi connectivity index (χ2v) is 10.8. The summed E-state index contributed by atoms with van der Waals surface area (Å²) in [7, 11) is 3.59. The topological polar surface area (TPSA) is 54.5 Å². The van der Waals surface area contributed by atoms with Gasteiger partial charge < -0.3 is 15.0 Å². The lowest BCUT2D eigenvalue weighted by Gasteiger charge is -2.37. The van der Waals surface area contributed by atoms with Gasteiger partial charge in [-0.1, -0.05) is 6.07 Å². The molecule has 1 aliphatic carbocycles. The van der Waals surface area contributed by atoms with Gasteiger partial charge >= 0.3 is 0 Å². The molecule has 2 heterocycles. The van der Waals surface area contributed by atoms with Crippen molar-refractivity contribution >= 4 is 27.3 Å². The van der Waals surface area contributed by atoms with Crippen LogP contribution in [0.1, 0.15) is 46.5 Å². The number of ether oxygens (including phenoxy) is 1. The Balaban J connectivity index is 1.56. The first-order valence-corrected chi connectivity index (χ1v) is 13.7. The van der Waals surface area contributed by atoms with E-state index in [0.29, 0.717) is 28.8 Å². The van der Waals surface area contributed by atoms with Crippen LogP contribution in [0.15, 0.2) is 54.9 Å². The number of carbonyl (C=O) groups excluding carboxylic acids is 1. The summed E-state index contributed by atoms with van der Waals surface area (Å²) < 4.78 is 35.2. The number of thiophene rings is 1. The summed E-state index contributed by atoms with van der Waals surface area (Å²) in [4.78, 5) is 20.6. The van der Waals surface area contributed by atoms with Crippen LogP contribution in [0.25, 0.3) is 21.2 Å². The molecule has 0 atom stereocenters. The third-order valence-electron chi connectivity index (χ3n) is 7.61. The number of benzene rings is 2. The van der Waals surface area contributed by atoms with Gasteiger partial charge in [-0.2, -0.15) is 0 Å². The minimum Gasteiger partial charge on any atom is -0.496 e. The number of methoxy groups -OCH3 is 1. The average molecular weight is 536 g/mol. The quantitative estimate of drug-likeness (QED) is 0.285. The van der Waals surface area contributed by atoms with Crippen molar-refractivity contribution in [2.24, 2.45) is 0 Å². The van der Waals surface area contributed by atoms with E-state index < -0.39 is 11.6 Å². The molecule has 0 spiro atoms. The van der Waals surface area contributed by atoms with Crippen LogP contribution >= 0.6 is 11.3 Å². The zero-order valence-corrected chi connectivity index (χ0v) is 22.6. The van der Waals surface area contributed by atoms with Gasteiger partial charge in [-0.3, -0.25) is 9.78 Å². The van der Waals surface area contributed by atoms with Crippen molar-refractivity contribution in [2.45, 2.75) is 51.2 Å². The van der Waals surface area contributed by atoms with E-state index in [1.165, 1.54) is 0 Å². The van der Waals surface area contributed by atoms with Gasteiger partial charge in [0.1, 0.15) is 17.4 Å². The lowest BCUT2D eigenvalue weighted by Crippen LogP contribution is -2.44. The second-order valence-electron chi connectivity index (χ2n) is 9.78. The van der Waals surface area contributed by atoms with E-state index in [9.17, 15) is 13.6 Å². The molecule has 0 radical (unpaired) electrons. The molecule has 5 rings (SSSR count). The van der Waals surface area contributed by atoms with E-state index in [4.69, 9.17) is 4.74 Å². The van der Waals surface area contributed by atoms with Gasteiger partial charge in [-0.05, 0) is 92.7 Å². The molecule has 2 aromatic carbocycles. The molecular weight excluding hydrogens is 504 g/mol. The molecule has 1 saturated carbocycles. The number of aromatic nitrogens is 1. The predicted molar refractivity (Wildman–Crippen MR) is 148 cm³/mol. The molecule has 0 aliphatic heterocycles. The van der Waals surface area contributed by atoms with Crippen molar-refractivity contribution in [2.75, 3.05) is 14.2 Å². The summed E-state index contributed by atoms with van der Waals surface area (Å²) >= 11 is 1.03. The van der Waals surface area contributed by atoms with Gasteiger partial charge in [0.05, 0.1) is 16.7 Å². The van der Waals surface area contributed by atoms with Crippen molar-refractivity contribution in [1.29, 1.82) is 0 Å². The van der Waals surface area contributed by atoms with Crippen molar-refractivity contribution in [3.05, 3.63) is 82.5 Å². The first-order chi connectivity index (χ1) is 18.4. The van der Waals surface area contributed by atoms with Crippen molar-refractivity contribution in [3.8, 4) is 16.9 Å². The van der Waals surface area contributed by atoms with Crippen molar-refractivity contribution < 1.29 is 18.3 Å². The van der Waals surface area contributed by atoms with E-state index in [1.54, 1.807) is 26.4 Å². The Kier molecular flexibility index (Phi) is 7.72. The summed E-state index contributed by atoms with van der Waals surface area (Å²) in [6.45, 7) is 2.03. The highest BCUT2D eigenvalue weighted by molar-refractivity contribution is 7.21. The van der Waals surface area contributed by atoms with E-state index in [2.05, 4.69) is 10.3 Å². The van der Waals surface area contributed by atoms with Crippen molar-refractivity contribution in [3.63, 3.8) is 0 Å². The number of hydrogen-bond donors (Lipinski definition) is 1. The minimum absolute atomic E-state index is 0.000642. The number of rotatable bonds is 7. The van der Waals surface area contributed by atoms with Crippen LogP contribution in [-0.2, 0) is 6.54 Å². The minimum atomic E-state index is -0.513. The lowest BCUT2D eigenvalue weighted by molar-refractivity contribution is 0.0604. The van der Waals surface area contributed by atoms with Crippen LogP contribution < -0.4 is 10.1 Å². The molecule has 5 nitrogen and oxygen atoms in total. The molecule has 1 aliphatic rings. The molecule has 2 aromatic heterocycles. The fourth-order valence-corrected chi connectivity index (χ4v) is 6.64. The highest BCUT2D eigenvalue weighted by atomic mass is 32.1. The number of aryl methyl sites for hydroxylation is 1. The smallest absolute Gasteiger partial charge is 0.264 e. The van der Waals surface area contributed by atoms with Gasteiger partial charge in [0.2, 0.25) is 0 Å². The fourth-order valence-electron chi connectivity index (χ4n) is 5.46. The molecule has 4 aromatic rings. The Morgan fingerprint density at radius 3 is 2.42 bits per heavy atom. The Morgan fingerprint density at radius 1 is 1.05 bits per heavy atom. The number of hydrogen-bond acceptors (Lipinski definition) is 5. The molecule has 198 valence electrons. The Morgan fingerprint density at radius 2 is 1.76 bits per heavy atom. The molecular formula is C30H31F2N3O2S. The average Bonchev–Trinajstić information content (AvgIpc) is 3.32. The molecule has 0 saturated heterocycles. The maximum Gasteiger partial charge on any atom is 0.264 e. The first-order valence-electron chi connectivity index (χ1n) is 12.8. The number of pyridine rings is 1. The number of fused-ring (bicyclic) bond motifs is 1. The van der Waals surface area contributed by atoms with Crippen LogP contribution in [0.4, 0.5) is 8.78 Å². The third kappa shape index (κ3) is 5.02. The third-order valence-corrected chi connectivity index (χ3v) is 8.90. The normalized spacial score (nSPS) is 17.5. The maximum atomic E-state index is 14.7. The number of amides is 1. The van der Waals surface area contributed by atoms with Gasteiger partial charge in [-0.25, -0.2) is 8.78 Å². The maximum absolute atomic E-state index is 14.7. The van der Waals surface area contributed by atoms with Gasteiger partial charge in [0.15, 0.2) is 0 Å². The van der Waals surface area contributed by atoms with E-state index in [-0.39, 0.29) is 22.0 Å². The monoisotopic (exact) mass is 535 g/mol. The highest BCUT2D eigenvalue weighted by Crippen LogP contribution is 2.37. The van der Waals surface area contributed by atoms with Gasteiger partial charge in [0, 0.05) is 42.0 Å². The Labute approximate surface area is 225 Å². The lowest BCUT2D eigenvalue weighted by atomic mass is 9.89. The van der Waals surface area contributed by atoms with Crippen molar-refractivity contribution in [1.82, 2.24) is 15.2 Å². The summed E-state index contributed by atoms with van der Waals surface area (Å²) in [6, 6.07) is 12.5. The van der Waals surface area contributed by atoms with Gasteiger partial charge in [0.25, 0.3) is 5.91 Å². The molecule has 0 unspecified atom stereocenters. The molecule has 0 bridgehead atoms. The highest BCUT2D eigenvalue weighted by Gasteiger charge is 2.32. The van der Waals surface area contributed by atoms with E-state index in [1.807, 2.05) is 42.3 Å². The van der Waals surface area contributed by atoms with Crippen LogP contribution in [-0.4, -0.2) is 42.0 Å². The first kappa shape index (κ1) is 26.3. The molecule has 1 amide bonds. The summed E-state index contributed by atoms with van der Waals surface area (Å²) in [5.41, 5.74) is 3.37. The molecule has 1 fully saturated rings. The number of halogens is 2. The summed E-state index contributed by atoms with van der Waals surface area (Å²) in [5, 5.41) is 3.54. The fraction of sp³-hybridized carbons (Fsp3) is 0.333. The SMILES string of the molecule is CNC1CCC(N(Cc2cc(-c3ccncc3)ccc2OC)C(=O)c2sc3c(F)ccc(F)c3c2C)CC1. The molecule has 8 heteroatoms. The molecule has 1 N–H and O–H groups in total. The zero-order valence-electron chi connectivity index (χ0n) is 21.8. The van der Waals surface area contributed by atoms with Crippen LogP contribution in [0.3, 0.4) is 0 Å². The number of carbonyl (C=O) groups is 1. The number of nitrogens with one attached hydrogen (secondary N) is 1. The van der Waals surface area contributed by atoms with Gasteiger partial charge in [-0.15, -0.1) is 11.3 Å². The molecule has 38 heavy (non-hydrogen) atoms. The van der Waals surface area contributed by atoms with E-state index in [0.717, 1.165) is 65.8 Å². The largest absolute Gasteiger partial charge is 0.496 e. The predicted octanol–water partition coefficient (Wildman–Crippen LogP) is 6.73. The zero-order chi connectivity index (χ0) is 26.8. The van der Waals surface area contributed by atoms with Crippen LogP contribution in [0.5, 0.6) is 5.75 Å². The Bertz CT molecular complexity index is 1450. The number of nitrogens with zero attached hydrogens (tertiary/aromatic N) is 2.